The van der Waals surface area contributed by atoms with Crippen molar-refractivity contribution in [1.29, 1.82) is 0 Å². The van der Waals surface area contributed by atoms with Gasteiger partial charge in [-0.1, -0.05) is 0 Å². The molecule has 1 aliphatic rings. The van der Waals surface area contributed by atoms with Gasteiger partial charge in [-0.15, -0.1) is 0 Å². The minimum absolute atomic E-state index is 0.0985. The molecule has 0 aromatic carbocycles. The molecule has 8 nitrogen and oxygen atoms in total. The van der Waals surface area contributed by atoms with Gasteiger partial charge < -0.3 is 9.47 Å². The molecule has 4 heterocycles. The largest absolute Gasteiger partial charge is 0.480 e. The number of rotatable bonds is 5. The lowest BCUT2D eigenvalue weighted by Gasteiger charge is -2.11. The summed E-state index contributed by atoms with van der Waals surface area (Å²) >= 11 is 0. The normalized spacial score (nSPS) is 17.9. The molecule has 33 heavy (non-hydrogen) atoms. The molecule has 2 unspecified atom stereocenters. The summed E-state index contributed by atoms with van der Waals surface area (Å²) < 4.78 is 64.4. The van der Waals surface area contributed by atoms with Gasteiger partial charge in [0.15, 0.2) is 5.65 Å². The van der Waals surface area contributed by atoms with E-state index < -0.39 is 17.7 Å². The number of hydrogen-bond donors (Lipinski definition) is 0. The highest BCUT2D eigenvalue weighted by atomic mass is 19.4. The Balaban J connectivity index is 1.55. The zero-order valence-electron chi connectivity index (χ0n) is 17.3. The van der Waals surface area contributed by atoms with Gasteiger partial charge in [0.2, 0.25) is 11.8 Å². The van der Waals surface area contributed by atoms with E-state index in [4.69, 9.17) is 9.47 Å². The number of nitrogens with zero attached hydrogens (tertiary/aromatic N) is 6. The topological polar surface area (TPSA) is 87.3 Å². The van der Waals surface area contributed by atoms with Crippen molar-refractivity contribution in [3.05, 3.63) is 59.6 Å². The third-order valence-corrected chi connectivity index (χ3v) is 5.52. The number of halogens is 4. The summed E-state index contributed by atoms with van der Waals surface area (Å²) in [6, 6.07) is 4.23. The molecule has 1 fully saturated rings. The zero-order chi connectivity index (χ0) is 23.3. The number of methoxy groups -OCH3 is 2. The number of imidazole rings is 1. The van der Waals surface area contributed by atoms with Crippen molar-refractivity contribution in [3.63, 3.8) is 0 Å². The molecule has 12 heteroatoms. The van der Waals surface area contributed by atoms with Crippen molar-refractivity contribution < 1.29 is 27.0 Å². The molecular formula is C21H16F4N6O2. The third-order valence-electron chi connectivity index (χ3n) is 5.52. The van der Waals surface area contributed by atoms with Crippen LogP contribution in [0.25, 0.3) is 16.9 Å². The smallest absolute Gasteiger partial charge is 0.417 e. The maximum Gasteiger partial charge on any atom is 0.417 e. The minimum atomic E-state index is -4.45. The van der Waals surface area contributed by atoms with Gasteiger partial charge >= 0.3 is 12.2 Å². The van der Waals surface area contributed by atoms with Gasteiger partial charge in [0.25, 0.3) is 0 Å². The lowest BCUT2D eigenvalue weighted by atomic mass is 10.1. The molecule has 1 saturated carbocycles. The average Bonchev–Trinajstić information content (AvgIpc) is 3.53. The van der Waals surface area contributed by atoms with Gasteiger partial charge in [0, 0.05) is 29.6 Å². The molecule has 170 valence electrons. The van der Waals surface area contributed by atoms with E-state index >= 15 is 0 Å². The highest BCUT2D eigenvalue weighted by Crippen LogP contribution is 2.55. The van der Waals surface area contributed by atoms with Crippen LogP contribution in [-0.4, -0.2) is 43.8 Å². The first-order valence-electron chi connectivity index (χ1n) is 9.83. The lowest BCUT2D eigenvalue weighted by Crippen LogP contribution is -2.06. The van der Waals surface area contributed by atoms with Gasteiger partial charge in [0.05, 0.1) is 37.2 Å². The molecule has 0 spiro atoms. The van der Waals surface area contributed by atoms with Crippen LogP contribution in [-0.2, 0) is 6.18 Å². The Hall–Kier alpha value is -3.83. The van der Waals surface area contributed by atoms with Crippen molar-refractivity contribution in [3.8, 4) is 23.1 Å². The maximum atomic E-state index is 14.4. The first-order valence-corrected chi connectivity index (χ1v) is 9.83. The predicted octanol–water partition coefficient (Wildman–Crippen LogP) is 4.03. The fourth-order valence-corrected chi connectivity index (χ4v) is 3.81. The Morgan fingerprint density at radius 3 is 2.48 bits per heavy atom. The summed E-state index contributed by atoms with van der Waals surface area (Å²) in [7, 11) is 2.84. The van der Waals surface area contributed by atoms with Crippen LogP contribution in [0.5, 0.6) is 11.9 Å². The molecule has 2 atom stereocenters. The number of fused-ring (bicyclic) bond motifs is 1. The quantitative estimate of drug-likeness (QED) is 0.416. The van der Waals surface area contributed by atoms with Crippen LogP contribution in [0.3, 0.4) is 0 Å². The van der Waals surface area contributed by atoms with E-state index in [1.54, 1.807) is 6.07 Å². The first kappa shape index (κ1) is 21.0. The van der Waals surface area contributed by atoms with Crippen LogP contribution in [0, 0.1) is 5.95 Å². The predicted molar refractivity (Wildman–Crippen MR) is 106 cm³/mol. The Morgan fingerprint density at radius 1 is 1.00 bits per heavy atom. The van der Waals surface area contributed by atoms with Crippen molar-refractivity contribution in [2.75, 3.05) is 14.2 Å². The van der Waals surface area contributed by atoms with Crippen molar-refractivity contribution in [1.82, 2.24) is 29.5 Å². The zero-order valence-corrected chi connectivity index (χ0v) is 17.3. The van der Waals surface area contributed by atoms with Gasteiger partial charge in [-0.05, 0) is 30.5 Å². The summed E-state index contributed by atoms with van der Waals surface area (Å²) in [5.41, 5.74) is 1.50. The molecule has 0 radical (unpaired) electrons. The summed E-state index contributed by atoms with van der Waals surface area (Å²) in [6.07, 6.45) is -0.479. The van der Waals surface area contributed by atoms with Gasteiger partial charge in [-0.2, -0.15) is 32.2 Å². The third kappa shape index (κ3) is 3.70. The summed E-state index contributed by atoms with van der Waals surface area (Å²) in [5, 5.41) is 4.31. The Kier molecular flexibility index (Phi) is 4.87. The average molecular weight is 460 g/mol. The molecule has 1 aliphatic carbocycles. The van der Waals surface area contributed by atoms with E-state index in [9.17, 15) is 17.6 Å². The summed E-state index contributed by atoms with van der Waals surface area (Å²) in [5.74, 6) is -0.714. The van der Waals surface area contributed by atoms with E-state index in [2.05, 4.69) is 25.0 Å². The van der Waals surface area contributed by atoms with E-state index in [0.29, 0.717) is 34.6 Å². The number of alkyl halides is 3. The Labute approximate surface area is 184 Å². The van der Waals surface area contributed by atoms with Gasteiger partial charge in [-0.3, -0.25) is 4.98 Å². The molecule has 4 aromatic heterocycles. The van der Waals surface area contributed by atoms with Crippen LogP contribution < -0.4 is 9.47 Å². The monoisotopic (exact) mass is 460 g/mol. The van der Waals surface area contributed by atoms with Crippen LogP contribution in [0.1, 0.15) is 35.1 Å². The SMILES string of the molecule is COc1ncc(-c2cc(C3CC3c3ccc(C(F)(F)F)cn3)c3ncc(F)n3n2)c(OC)n1. The molecule has 0 bridgehead atoms. The number of ether oxygens (including phenoxy) is 2. The van der Waals surface area contributed by atoms with Gasteiger partial charge in [-0.25, -0.2) is 9.97 Å². The maximum absolute atomic E-state index is 14.4. The second kappa shape index (κ2) is 7.64. The number of aromatic nitrogens is 6. The van der Waals surface area contributed by atoms with Crippen molar-refractivity contribution in [2.45, 2.75) is 24.4 Å². The van der Waals surface area contributed by atoms with Crippen LogP contribution in [0.4, 0.5) is 17.6 Å². The molecular weight excluding hydrogens is 444 g/mol. The Morgan fingerprint density at radius 2 is 1.82 bits per heavy atom. The highest BCUT2D eigenvalue weighted by molar-refractivity contribution is 5.68. The number of pyridine rings is 1. The molecule has 0 amide bonds. The minimum Gasteiger partial charge on any atom is -0.480 e. The first-order chi connectivity index (χ1) is 15.8. The summed E-state index contributed by atoms with van der Waals surface area (Å²) in [6.45, 7) is 0. The van der Waals surface area contributed by atoms with Crippen LogP contribution in [0.15, 0.2) is 36.8 Å². The second-order valence-electron chi connectivity index (χ2n) is 7.50. The molecule has 5 rings (SSSR count). The molecule has 0 aliphatic heterocycles. The highest BCUT2D eigenvalue weighted by Gasteiger charge is 2.43. The fourth-order valence-electron chi connectivity index (χ4n) is 3.81. The van der Waals surface area contributed by atoms with E-state index in [-0.39, 0.29) is 23.7 Å². The van der Waals surface area contributed by atoms with Gasteiger partial charge in [0.1, 0.15) is 0 Å². The van der Waals surface area contributed by atoms with Crippen molar-refractivity contribution in [2.24, 2.45) is 0 Å². The summed E-state index contributed by atoms with van der Waals surface area (Å²) in [4.78, 5) is 16.4. The molecule has 4 aromatic rings. The number of hydrogen-bond acceptors (Lipinski definition) is 7. The molecule has 0 saturated heterocycles. The molecule has 0 N–H and O–H groups in total. The van der Waals surface area contributed by atoms with Crippen molar-refractivity contribution >= 4 is 5.65 Å². The fraction of sp³-hybridized carbons (Fsp3) is 0.286. The standard InChI is InChI=1S/C21H16F4N6O2/c1-32-19-14(8-28-20(29-19)33-2)16-6-13(18-27-9-17(22)31(18)30-16)11-5-12(11)15-4-3-10(7-26-15)21(23,24)25/h3-4,6-9,11-12H,5H2,1-2H3. The van der Waals surface area contributed by atoms with E-state index in [1.165, 1.54) is 26.5 Å². The Bertz CT molecular complexity index is 1340. The van der Waals surface area contributed by atoms with E-state index in [1.807, 2.05) is 0 Å². The van der Waals surface area contributed by atoms with E-state index in [0.717, 1.165) is 23.0 Å². The lowest BCUT2D eigenvalue weighted by molar-refractivity contribution is -0.137. The van der Waals surface area contributed by atoms with Crippen LogP contribution in [0.2, 0.25) is 0 Å². The second-order valence-corrected chi connectivity index (χ2v) is 7.50. The van der Waals surface area contributed by atoms with Crippen LogP contribution >= 0.6 is 0 Å².